The van der Waals surface area contributed by atoms with Gasteiger partial charge in [-0.25, -0.2) is 4.79 Å². The minimum Gasteiger partial charge on any atom is -0.460 e. The van der Waals surface area contributed by atoms with Crippen molar-refractivity contribution in [2.24, 2.45) is 5.92 Å². The number of Topliss-reactive ketones (excluding diaryl/α,β-unsaturated/α-hetero) is 1. The summed E-state index contributed by atoms with van der Waals surface area (Å²) in [6.45, 7) is 5.11. The Bertz CT molecular complexity index is 252. The lowest BCUT2D eigenvalue weighted by molar-refractivity contribution is -0.154. The van der Waals surface area contributed by atoms with Crippen molar-refractivity contribution in [2.75, 3.05) is 6.61 Å². The van der Waals surface area contributed by atoms with Crippen LogP contribution in [-0.4, -0.2) is 18.4 Å². The molecule has 0 saturated carbocycles. The van der Waals surface area contributed by atoms with Crippen LogP contribution < -0.4 is 0 Å². The van der Waals surface area contributed by atoms with Gasteiger partial charge < -0.3 is 4.74 Å². The number of rotatable bonds is 5. The number of ketones is 1. The second-order valence-corrected chi connectivity index (χ2v) is 2.29. The molecule has 0 radical (unpaired) electrons. The average molecular weight is 181 g/mol. The third kappa shape index (κ3) is 3.52. The van der Waals surface area contributed by atoms with Gasteiger partial charge in [0, 0.05) is 0 Å². The van der Waals surface area contributed by atoms with Gasteiger partial charge in [0.05, 0.1) is 12.7 Å². The molecule has 0 rings (SSSR count). The first-order chi connectivity index (χ1) is 6.17. The monoisotopic (exact) mass is 181 g/mol. The molecule has 0 N–H and O–H groups in total. The molecule has 0 aromatic rings. The van der Waals surface area contributed by atoms with Crippen molar-refractivity contribution in [1.82, 2.24) is 0 Å². The SMILES string of the molecule is C=CCC(C#N)C(=O)C(=O)OCC. The molecule has 0 amide bonds. The summed E-state index contributed by atoms with van der Waals surface area (Å²) in [5, 5.41) is 8.52. The third-order valence-corrected chi connectivity index (χ3v) is 1.35. The highest BCUT2D eigenvalue weighted by atomic mass is 16.5. The number of nitrogens with zero attached hydrogens (tertiary/aromatic N) is 1. The van der Waals surface area contributed by atoms with E-state index in [4.69, 9.17) is 5.26 Å². The van der Waals surface area contributed by atoms with Crippen LogP contribution in [0.15, 0.2) is 12.7 Å². The predicted octanol–water partition coefficient (Wildman–Crippen LogP) is 0.834. The molecule has 70 valence electrons. The Labute approximate surface area is 76.8 Å². The lowest BCUT2D eigenvalue weighted by Crippen LogP contribution is -2.24. The normalized spacial score (nSPS) is 11.1. The van der Waals surface area contributed by atoms with Crippen molar-refractivity contribution in [3.63, 3.8) is 0 Å². The maximum atomic E-state index is 11.1. The molecule has 0 spiro atoms. The van der Waals surface area contributed by atoms with Crippen LogP contribution in [0.25, 0.3) is 0 Å². The second-order valence-electron chi connectivity index (χ2n) is 2.29. The van der Waals surface area contributed by atoms with Crippen molar-refractivity contribution in [3.8, 4) is 6.07 Å². The molecular weight excluding hydrogens is 170 g/mol. The number of carbonyl (C=O) groups is 2. The van der Waals surface area contributed by atoms with Crippen LogP contribution in [0.1, 0.15) is 13.3 Å². The number of allylic oxidation sites excluding steroid dienone is 1. The highest BCUT2D eigenvalue weighted by Gasteiger charge is 2.24. The van der Waals surface area contributed by atoms with E-state index in [1.54, 1.807) is 13.0 Å². The van der Waals surface area contributed by atoms with Gasteiger partial charge in [0.15, 0.2) is 0 Å². The summed E-state index contributed by atoms with van der Waals surface area (Å²) in [4.78, 5) is 22.0. The Morgan fingerprint density at radius 1 is 1.69 bits per heavy atom. The predicted molar refractivity (Wildman–Crippen MR) is 45.6 cm³/mol. The van der Waals surface area contributed by atoms with Gasteiger partial charge in [0.1, 0.15) is 5.92 Å². The van der Waals surface area contributed by atoms with Gasteiger partial charge in [-0.15, -0.1) is 6.58 Å². The van der Waals surface area contributed by atoms with Gasteiger partial charge in [0.2, 0.25) is 0 Å². The van der Waals surface area contributed by atoms with Gasteiger partial charge in [0.25, 0.3) is 5.78 Å². The number of ether oxygens (including phenoxy) is 1. The second kappa shape index (κ2) is 5.95. The summed E-state index contributed by atoms with van der Waals surface area (Å²) in [7, 11) is 0. The van der Waals surface area contributed by atoms with E-state index in [0.29, 0.717) is 0 Å². The lowest BCUT2D eigenvalue weighted by Gasteiger charge is -2.03. The van der Waals surface area contributed by atoms with E-state index in [-0.39, 0.29) is 13.0 Å². The molecule has 0 bridgehead atoms. The van der Waals surface area contributed by atoms with E-state index in [2.05, 4.69) is 11.3 Å². The number of esters is 1. The summed E-state index contributed by atoms with van der Waals surface area (Å²) in [5.41, 5.74) is 0. The van der Waals surface area contributed by atoms with Gasteiger partial charge in [-0.3, -0.25) is 4.79 Å². The fourth-order valence-corrected chi connectivity index (χ4v) is 0.730. The van der Waals surface area contributed by atoms with E-state index in [1.165, 1.54) is 6.08 Å². The number of hydrogen-bond acceptors (Lipinski definition) is 4. The molecule has 1 unspecified atom stereocenters. The minimum atomic E-state index is -0.962. The maximum Gasteiger partial charge on any atom is 0.376 e. The molecule has 13 heavy (non-hydrogen) atoms. The summed E-state index contributed by atoms with van der Waals surface area (Å²) in [5.74, 6) is -2.71. The molecule has 0 aliphatic heterocycles. The average Bonchev–Trinajstić information content (AvgIpc) is 2.13. The zero-order valence-electron chi connectivity index (χ0n) is 7.45. The van der Waals surface area contributed by atoms with E-state index < -0.39 is 17.7 Å². The van der Waals surface area contributed by atoms with Crippen molar-refractivity contribution in [1.29, 1.82) is 5.26 Å². The minimum absolute atomic E-state index is 0.136. The van der Waals surface area contributed by atoms with Crippen molar-refractivity contribution in [3.05, 3.63) is 12.7 Å². The van der Waals surface area contributed by atoms with E-state index in [0.717, 1.165) is 0 Å². The molecular formula is C9H11NO3. The van der Waals surface area contributed by atoms with E-state index in [1.807, 2.05) is 0 Å². The molecule has 0 heterocycles. The fourth-order valence-electron chi connectivity index (χ4n) is 0.730. The number of carbonyl (C=O) groups excluding carboxylic acids is 2. The Hall–Kier alpha value is -1.63. The van der Waals surface area contributed by atoms with Crippen LogP contribution in [0.5, 0.6) is 0 Å². The summed E-state index contributed by atoms with van der Waals surface area (Å²) in [6.07, 6.45) is 1.60. The third-order valence-electron chi connectivity index (χ3n) is 1.35. The number of nitriles is 1. The van der Waals surface area contributed by atoms with E-state index >= 15 is 0 Å². The zero-order valence-corrected chi connectivity index (χ0v) is 7.45. The molecule has 0 saturated heterocycles. The van der Waals surface area contributed by atoms with Gasteiger partial charge in [-0.1, -0.05) is 6.08 Å². The quantitative estimate of drug-likeness (QED) is 0.358. The van der Waals surface area contributed by atoms with Crippen LogP contribution >= 0.6 is 0 Å². The van der Waals surface area contributed by atoms with Crippen molar-refractivity contribution in [2.45, 2.75) is 13.3 Å². The molecule has 0 aromatic carbocycles. The van der Waals surface area contributed by atoms with Crippen molar-refractivity contribution < 1.29 is 14.3 Å². The Kier molecular flexibility index (Phi) is 5.20. The molecule has 1 atom stereocenters. The first kappa shape index (κ1) is 11.4. The molecule has 0 aliphatic carbocycles. The number of hydrogen-bond donors (Lipinski definition) is 0. The first-order valence-electron chi connectivity index (χ1n) is 3.88. The first-order valence-corrected chi connectivity index (χ1v) is 3.88. The van der Waals surface area contributed by atoms with Gasteiger partial charge >= 0.3 is 5.97 Å². The van der Waals surface area contributed by atoms with Crippen LogP contribution in [-0.2, 0) is 14.3 Å². The topological polar surface area (TPSA) is 67.2 Å². The Balaban J connectivity index is 4.29. The maximum absolute atomic E-state index is 11.1. The molecule has 4 nitrogen and oxygen atoms in total. The Morgan fingerprint density at radius 2 is 2.31 bits per heavy atom. The fraction of sp³-hybridized carbons (Fsp3) is 0.444. The van der Waals surface area contributed by atoms with Gasteiger partial charge in [-0.2, -0.15) is 5.26 Å². The van der Waals surface area contributed by atoms with E-state index in [9.17, 15) is 9.59 Å². The zero-order chi connectivity index (χ0) is 10.3. The molecule has 0 fully saturated rings. The Morgan fingerprint density at radius 3 is 2.69 bits per heavy atom. The summed E-state index contributed by atoms with van der Waals surface area (Å²) < 4.78 is 4.46. The molecule has 4 heteroatoms. The van der Waals surface area contributed by atoms with Crippen LogP contribution in [0.4, 0.5) is 0 Å². The standard InChI is InChI=1S/C9H11NO3/c1-3-5-7(6-10)8(11)9(12)13-4-2/h3,7H,1,4-5H2,2H3. The van der Waals surface area contributed by atoms with Gasteiger partial charge in [-0.05, 0) is 13.3 Å². The molecule has 0 aliphatic rings. The van der Waals surface area contributed by atoms with Crippen molar-refractivity contribution >= 4 is 11.8 Å². The highest BCUT2D eigenvalue weighted by molar-refractivity contribution is 6.35. The van der Waals surface area contributed by atoms with Crippen LogP contribution in [0.3, 0.4) is 0 Å². The largest absolute Gasteiger partial charge is 0.460 e. The smallest absolute Gasteiger partial charge is 0.376 e. The summed E-state index contributed by atoms with van der Waals surface area (Å²) in [6, 6.07) is 1.72. The van der Waals surface area contributed by atoms with Crippen LogP contribution in [0, 0.1) is 17.2 Å². The highest BCUT2D eigenvalue weighted by Crippen LogP contribution is 2.04. The van der Waals surface area contributed by atoms with Crippen LogP contribution in [0.2, 0.25) is 0 Å². The lowest BCUT2D eigenvalue weighted by atomic mass is 10.0. The summed E-state index contributed by atoms with van der Waals surface area (Å²) >= 11 is 0. The molecule has 0 aromatic heterocycles.